The van der Waals surface area contributed by atoms with Crippen LogP contribution in [0, 0.1) is 5.92 Å². The fourth-order valence-corrected chi connectivity index (χ4v) is 2.86. The van der Waals surface area contributed by atoms with Crippen LogP contribution in [0.4, 0.5) is 13.2 Å². The molecule has 3 unspecified atom stereocenters. The number of hydrogen-bond acceptors (Lipinski definition) is 4. The third-order valence-corrected chi connectivity index (χ3v) is 4.86. The van der Waals surface area contributed by atoms with Gasteiger partial charge in [-0.3, -0.25) is 0 Å². The van der Waals surface area contributed by atoms with Gasteiger partial charge in [0.05, 0.1) is 12.2 Å². The summed E-state index contributed by atoms with van der Waals surface area (Å²) in [5.74, 6) is -0.398. The van der Waals surface area contributed by atoms with E-state index < -0.39 is 30.0 Å². The van der Waals surface area contributed by atoms with E-state index in [9.17, 15) is 23.1 Å². The Morgan fingerprint density at radius 3 is 2.28 bits per heavy atom. The molecule has 0 spiro atoms. The molecule has 0 radical (unpaired) electrons. The van der Waals surface area contributed by atoms with Crippen molar-refractivity contribution in [3.05, 3.63) is 12.2 Å². The zero-order valence-electron chi connectivity index (χ0n) is 15.4. The Kier molecular flexibility index (Phi) is 7.10. The van der Waals surface area contributed by atoms with Crippen LogP contribution < -0.4 is 0 Å². The molecule has 0 amide bonds. The van der Waals surface area contributed by atoms with E-state index >= 15 is 0 Å². The van der Waals surface area contributed by atoms with E-state index in [2.05, 4.69) is 6.58 Å². The number of ether oxygens (including phenoxy) is 2. The number of rotatable bonds is 6. The Labute approximate surface area is 147 Å². The summed E-state index contributed by atoms with van der Waals surface area (Å²) in [4.78, 5) is 11.6. The van der Waals surface area contributed by atoms with E-state index in [0.29, 0.717) is 31.8 Å². The molecule has 3 atom stereocenters. The normalized spacial score (nSPS) is 25.0. The zero-order chi connectivity index (χ0) is 19.5. The van der Waals surface area contributed by atoms with Crippen LogP contribution in [0.2, 0.25) is 0 Å². The lowest BCUT2D eigenvalue weighted by Gasteiger charge is -2.37. The van der Waals surface area contributed by atoms with Gasteiger partial charge in [-0.25, -0.2) is 4.79 Å². The van der Waals surface area contributed by atoms with Crippen LogP contribution in [0.1, 0.15) is 59.8 Å². The predicted octanol–water partition coefficient (Wildman–Crippen LogP) is 4.16. The summed E-state index contributed by atoms with van der Waals surface area (Å²) in [6.07, 6.45) is -1.37. The third-order valence-electron chi connectivity index (χ3n) is 4.86. The molecular weight excluding hydrogens is 337 g/mol. The molecule has 0 aromatic heterocycles. The lowest BCUT2D eigenvalue weighted by molar-refractivity contribution is -0.278. The monoisotopic (exact) mass is 366 g/mol. The molecule has 146 valence electrons. The molecule has 1 rings (SSSR count). The molecule has 1 saturated carbocycles. The maximum Gasteiger partial charge on any atom is 0.419 e. The van der Waals surface area contributed by atoms with Crippen molar-refractivity contribution >= 4 is 5.97 Å². The SMILES string of the molecule is C=C(C)C(=O)OC1CCCC(C(C)(C)OCC(C)(O)C(F)(F)F)CC1. The van der Waals surface area contributed by atoms with Gasteiger partial charge in [0, 0.05) is 5.57 Å². The summed E-state index contributed by atoms with van der Waals surface area (Å²) in [6.45, 7) is 8.52. The largest absolute Gasteiger partial charge is 0.459 e. The van der Waals surface area contributed by atoms with Crippen LogP contribution >= 0.6 is 0 Å². The van der Waals surface area contributed by atoms with Gasteiger partial charge < -0.3 is 14.6 Å². The summed E-state index contributed by atoms with van der Waals surface area (Å²) in [5, 5.41) is 9.55. The van der Waals surface area contributed by atoms with E-state index in [4.69, 9.17) is 9.47 Å². The zero-order valence-corrected chi connectivity index (χ0v) is 15.4. The molecule has 0 heterocycles. The first-order valence-corrected chi connectivity index (χ1v) is 8.56. The van der Waals surface area contributed by atoms with Crippen molar-refractivity contribution in [2.45, 2.75) is 83.3 Å². The van der Waals surface area contributed by atoms with Gasteiger partial charge in [-0.15, -0.1) is 0 Å². The van der Waals surface area contributed by atoms with E-state index in [1.165, 1.54) is 0 Å². The molecule has 1 fully saturated rings. The fourth-order valence-electron chi connectivity index (χ4n) is 2.86. The Morgan fingerprint density at radius 2 is 1.76 bits per heavy atom. The number of carbonyl (C=O) groups is 1. The van der Waals surface area contributed by atoms with E-state index in [0.717, 1.165) is 12.8 Å². The number of hydrogen-bond donors (Lipinski definition) is 1. The van der Waals surface area contributed by atoms with Crippen molar-refractivity contribution < 1.29 is 32.5 Å². The van der Waals surface area contributed by atoms with E-state index in [1.54, 1.807) is 20.8 Å². The van der Waals surface area contributed by atoms with Gasteiger partial charge in [0.25, 0.3) is 0 Å². The lowest BCUT2D eigenvalue weighted by atomic mass is 9.84. The topological polar surface area (TPSA) is 55.8 Å². The van der Waals surface area contributed by atoms with Gasteiger partial charge in [-0.2, -0.15) is 13.2 Å². The van der Waals surface area contributed by atoms with Gasteiger partial charge in [-0.05, 0) is 65.7 Å². The second-order valence-corrected chi connectivity index (χ2v) is 7.68. The highest BCUT2D eigenvalue weighted by Crippen LogP contribution is 2.37. The molecule has 0 aliphatic heterocycles. The average Bonchev–Trinajstić information content (AvgIpc) is 2.70. The summed E-state index contributed by atoms with van der Waals surface area (Å²) in [7, 11) is 0. The van der Waals surface area contributed by atoms with Crippen LogP contribution in [0.15, 0.2) is 12.2 Å². The van der Waals surface area contributed by atoms with Crippen molar-refractivity contribution in [2.75, 3.05) is 6.61 Å². The first-order chi connectivity index (χ1) is 11.3. The number of carbonyl (C=O) groups excluding carboxylic acids is 1. The average molecular weight is 366 g/mol. The maximum atomic E-state index is 12.8. The number of halogens is 3. The quantitative estimate of drug-likeness (QED) is 0.436. The number of esters is 1. The minimum absolute atomic E-state index is 0.0186. The highest BCUT2D eigenvalue weighted by atomic mass is 19.4. The van der Waals surface area contributed by atoms with Crippen LogP contribution in [-0.4, -0.2) is 41.2 Å². The minimum Gasteiger partial charge on any atom is -0.459 e. The predicted molar refractivity (Wildman–Crippen MR) is 88.0 cm³/mol. The van der Waals surface area contributed by atoms with Crippen molar-refractivity contribution in [3.8, 4) is 0 Å². The van der Waals surface area contributed by atoms with Crippen LogP contribution in [0.25, 0.3) is 0 Å². The molecule has 4 nitrogen and oxygen atoms in total. The summed E-state index contributed by atoms with van der Waals surface area (Å²) in [6, 6.07) is 0. The van der Waals surface area contributed by atoms with E-state index in [-0.39, 0.29) is 12.0 Å². The molecule has 0 bridgehead atoms. The maximum absolute atomic E-state index is 12.8. The fraction of sp³-hybridized carbons (Fsp3) is 0.833. The molecule has 1 aliphatic rings. The Bertz CT molecular complexity index is 483. The van der Waals surface area contributed by atoms with Crippen molar-refractivity contribution in [1.82, 2.24) is 0 Å². The molecule has 7 heteroatoms. The summed E-state index contributed by atoms with van der Waals surface area (Å²) < 4.78 is 49.2. The second kappa shape index (κ2) is 8.08. The van der Waals surface area contributed by atoms with Gasteiger partial charge in [0.1, 0.15) is 6.10 Å². The summed E-state index contributed by atoms with van der Waals surface area (Å²) in [5.41, 5.74) is -3.35. The van der Waals surface area contributed by atoms with Gasteiger partial charge in [0.2, 0.25) is 0 Å². The van der Waals surface area contributed by atoms with Crippen molar-refractivity contribution in [1.29, 1.82) is 0 Å². The summed E-state index contributed by atoms with van der Waals surface area (Å²) >= 11 is 0. The second-order valence-electron chi connectivity index (χ2n) is 7.68. The molecule has 25 heavy (non-hydrogen) atoms. The highest BCUT2D eigenvalue weighted by Gasteiger charge is 2.51. The van der Waals surface area contributed by atoms with Gasteiger partial charge in [-0.1, -0.05) is 6.58 Å². The molecule has 1 aliphatic carbocycles. The van der Waals surface area contributed by atoms with Crippen molar-refractivity contribution in [3.63, 3.8) is 0 Å². The number of aliphatic hydroxyl groups is 1. The van der Waals surface area contributed by atoms with Crippen LogP contribution in [0.5, 0.6) is 0 Å². The van der Waals surface area contributed by atoms with Gasteiger partial charge in [0.15, 0.2) is 5.60 Å². The Hall–Kier alpha value is -1.08. The number of alkyl halides is 3. The first kappa shape index (κ1) is 22.0. The minimum atomic E-state index is -4.74. The Balaban J connectivity index is 2.62. The molecule has 0 aromatic carbocycles. The molecular formula is C18H29F3O4. The third kappa shape index (κ3) is 6.29. The van der Waals surface area contributed by atoms with Gasteiger partial charge >= 0.3 is 12.1 Å². The van der Waals surface area contributed by atoms with Crippen LogP contribution in [-0.2, 0) is 14.3 Å². The smallest absolute Gasteiger partial charge is 0.419 e. The molecule has 1 N–H and O–H groups in total. The highest BCUT2D eigenvalue weighted by molar-refractivity contribution is 5.87. The molecule has 0 aromatic rings. The van der Waals surface area contributed by atoms with E-state index in [1.807, 2.05) is 0 Å². The first-order valence-electron chi connectivity index (χ1n) is 8.56. The molecule has 0 saturated heterocycles. The van der Waals surface area contributed by atoms with Crippen molar-refractivity contribution in [2.24, 2.45) is 5.92 Å². The standard InChI is InChI=1S/C18H29F3O4/c1-12(2)15(22)25-14-8-6-7-13(9-10-14)16(3,4)24-11-17(5,23)18(19,20)21/h13-14,23H,1,6-11H2,2-5H3. The van der Waals surface area contributed by atoms with Crippen LogP contribution in [0.3, 0.4) is 0 Å². The lowest BCUT2D eigenvalue weighted by Crippen LogP contribution is -2.49. The Morgan fingerprint density at radius 1 is 1.16 bits per heavy atom.